The Bertz CT molecular complexity index is 1300. The number of benzene rings is 3. The lowest BCUT2D eigenvalue weighted by molar-refractivity contribution is -0.124. The van der Waals surface area contributed by atoms with E-state index in [0.717, 1.165) is 12.8 Å². The SMILES string of the molecule is O=C(Cc1cccc(OC(F)F)c1)C1CC2CCC(C1)N2C(=O)OCC1c2ccccc2-c2ccccc21. The third-order valence-corrected chi connectivity index (χ3v) is 8.24. The van der Waals surface area contributed by atoms with Crippen LogP contribution in [0, 0.1) is 5.92 Å². The van der Waals surface area contributed by atoms with Gasteiger partial charge in [0.1, 0.15) is 18.1 Å². The lowest BCUT2D eigenvalue weighted by Gasteiger charge is -2.37. The maximum absolute atomic E-state index is 13.3. The van der Waals surface area contributed by atoms with Crippen molar-refractivity contribution < 1.29 is 27.8 Å². The molecular weight excluding hydrogens is 488 g/mol. The van der Waals surface area contributed by atoms with Gasteiger partial charge in [-0.2, -0.15) is 8.78 Å². The van der Waals surface area contributed by atoms with Crippen LogP contribution in [0.4, 0.5) is 13.6 Å². The van der Waals surface area contributed by atoms with Crippen LogP contribution in [0.5, 0.6) is 5.75 Å². The zero-order valence-corrected chi connectivity index (χ0v) is 20.9. The van der Waals surface area contributed by atoms with E-state index in [1.54, 1.807) is 12.1 Å². The van der Waals surface area contributed by atoms with Gasteiger partial charge < -0.3 is 14.4 Å². The molecule has 6 rings (SSSR count). The maximum atomic E-state index is 13.3. The van der Waals surface area contributed by atoms with E-state index in [4.69, 9.17) is 4.74 Å². The van der Waals surface area contributed by atoms with E-state index in [9.17, 15) is 18.4 Å². The Morgan fingerprint density at radius 3 is 2.13 bits per heavy atom. The van der Waals surface area contributed by atoms with Gasteiger partial charge in [0.25, 0.3) is 0 Å². The van der Waals surface area contributed by atoms with Crippen LogP contribution in [0.25, 0.3) is 11.1 Å². The number of ether oxygens (including phenoxy) is 2. The first-order valence-corrected chi connectivity index (χ1v) is 13.2. The minimum absolute atomic E-state index is 0.00735. The Morgan fingerprint density at radius 2 is 1.50 bits per heavy atom. The van der Waals surface area contributed by atoms with E-state index in [2.05, 4.69) is 29.0 Å². The molecular formula is C31H29F2NO4. The smallest absolute Gasteiger partial charge is 0.410 e. The predicted octanol–water partition coefficient (Wildman–Crippen LogP) is 6.59. The number of alkyl halides is 2. The lowest BCUT2D eigenvalue weighted by atomic mass is 9.85. The fourth-order valence-corrected chi connectivity index (χ4v) is 6.58. The summed E-state index contributed by atoms with van der Waals surface area (Å²) < 4.78 is 35.5. The number of hydrogen-bond donors (Lipinski definition) is 0. The molecule has 2 heterocycles. The molecule has 2 unspecified atom stereocenters. The highest BCUT2D eigenvalue weighted by Gasteiger charge is 2.46. The van der Waals surface area contributed by atoms with Crippen LogP contribution in [-0.2, 0) is 16.0 Å². The Hall–Kier alpha value is -3.74. The minimum Gasteiger partial charge on any atom is -0.448 e. The third kappa shape index (κ3) is 4.66. The van der Waals surface area contributed by atoms with E-state index >= 15 is 0 Å². The number of carbonyl (C=O) groups excluding carboxylic acids is 2. The summed E-state index contributed by atoms with van der Waals surface area (Å²) in [5.41, 5.74) is 5.39. The number of fused-ring (bicyclic) bond motifs is 5. The first kappa shape index (κ1) is 24.6. The predicted molar refractivity (Wildman–Crippen MR) is 138 cm³/mol. The highest BCUT2D eigenvalue weighted by atomic mass is 19.3. The lowest BCUT2D eigenvalue weighted by Crippen LogP contribution is -2.48. The van der Waals surface area contributed by atoms with Gasteiger partial charge in [-0.1, -0.05) is 60.7 Å². The van der Waals surface area contributed by atoms with Gasteiger partial charge in [0, 0.05) is 30.3 Å². The summed E-state index contributed by atoms with van der Waals surface area (Å²) in [6, 6.07) is 22.8. The summed E-state index contributed by atoms with van der Waals surface area (Å²) in [6.45, 7) is -2.62. The number of carbonyl (C=O) groups is 2. The Balaban J connectivity index is 1.08. The second-order valence-corrected chi connectivity index (χ2v) is 10.4. The van der Waals surface area contributed by atoms with E-state index in [0.29, 0.717) is 18.4 Å². The zero-order chi connectivity index (χ0) is 26.2. The monoisotopic (exact) mass is 517 g/mol. The molecule has 0 radical (unpaired) electrons. The van der Waals surface area contributed by atoms with Crippen molar-refractivity contribution in [2.45, 2.75) is 56.7 Å². The number of halogens is 2. The summed E-state index contributed by atoms with van der Waals surface area (Å²) in [6.07, 6.45) is 2.78. The number of hydrogen-bond acceptors (Lipinski definition) is 4. The molecule has 0 N–H and O–H groups in total. The van der Waals surface area contributed by atoms with Crippen LogP contribution in [0.3, 0.4) is 0 Å². The molecule has 2 aliphatic heterocycles. The second kappa shape index (κ2) is 10.2. The molecule has 7 heteroatoms. The fourth-order valence-electron chi connectivity index (χ4n) is 6.58. The number of nitrogens with zero attached hydrogens (tertiary/aromatic N) is 1. The van der Waals surface area contributed by atoms with Gasteiger partial charge in [-0.25, -0.2) is 4.79 Å². The summed E-state index contributed by atoms with van der Waals surface area (Å²) in [4.78, 5) is 28.2. The Morgan fingerprint density at radius 1 is 0.868 bits per heavy atom. The van der Waals surface area contributed by atoms with Gasteiger partial charge >= 0.3 is 12.7 Å². The van der Waals surface area contributed by atoms with Crippen molar-refractivity contribution >= 4 is 11.9 Å². The van der Waals surface area contributed by atoms with E-state index < -0.39 is 6.61 Å². The molecule has 1 amide bonds. The molecule has 1 aliphatic carbocycles. The van der Waals surface area contributed by atoms with Crippen molar-refractivity contribution in [2.24, 2.45) is 5.92 Å². The van der Waals surface area contributed by atoms with E-state index in [-0.39, 0.29) is 54.6 Å². The topological polar surface area (TPSA) is 55.8 Å². The van der Waals surface area contributed by atoms with Crippen LogP contribution < -0.4 is 4.74 Å². The molecule has 196 valence electrons. The summed E-state index contributed by atoms with van der Waals surface area (Å²) in [7, 11) is 0. The molecule has 2 atom stereocenters. The van der Waals surface area contributed by atoms with E-state index in [1.807, 2.05) is 29.2 Å². The number of Topliss-reactive ketones (excluding diaryl/α,β-unsaturated/α-hetero) is 1. The maximum Gasteiger partial charge on any atom is 0.410 e. The highest BCUT2D eigenvalue weighted by molar-refractivity contribution is 5.84. The van der Waals surface area contributed by atoms with Crippen LogP contribution >= 0.6 is 0 Å². The van der Waals surface area contributed by atoms with Gasteiger partial charge in [-0.15, -0.1) is 0 Å². The third-order valence-electron chi connectivity index (χ3n) is 8.24. The number of amides is 1. The minimum atomic E-state index is -2.90. The number of ketones is 1. The fraction of sp³-hybridized carbons (Fsp3) is 0.355. The van der Waals surface area contributed by atoms with Gasteiger partial charge in [-0.05, 0) is 65.6 Å². The quantitative estimate of drug-likeness (QED) is 0.355. The standard InChI is InChI=1S/C31H29F2NO4/c32-30(33)38-23-7-5-6-19(14-23)15-29(35)20-16-21-12-13-22(17-20)34(21)31(36)37-18-28-26-10-3-1-8-24(26)25-9-2-4-11-27(25)28/h1-11,14,20-22,28,30H,12-13,15-18H2. The molecule has 2 bridgehead atoms. The second-order valence-electron chi connectivity index (χ2n) is 10.4. The van der Waals surface area contributed by atoms with Crippen molar-refractivity contribution in [3.05, 3.63) is 89.5 Å². The van der Waals surface area contributed by atoms with Gasteiger partial charge in [0.15, 0.2) is 0 Å². The van der Waals surface area contributed by atoms with Crippen LogP contribution in [0.15, 0.2) is 72.8 Å². The first-order chi connectivity index (χ1) is 18.5. The molecule has 2 saturated heterocycles. The molecule has 0 aromatic heterocycles. The highest BCUT2D eigenvalue weighted by Crippen LogP contribution is 2.45. The molecule has 38 heavy (non-hydrogen) atoms. The normalized spacial score (nSPS) is 21.8. The molecule has 0 saturated carbocycles. The largest absolute Gasteiger partial charge is 0.448 e. The van der Waals surface area contributed by atoms with Crippen LogP contribution in [-0.4, -0.2) is 42.1 Å². The summed E-state index contributed by atoms with van der Waals surface area (Å²) >= 11 is 0. The number of piperidine rings is 1. The Labute approximate surface area is 220 Å². The first-order valence-electron chi connectivity index (χ1n) is 13.2. The average molecular weight is 518 g/mol. The molecule has 2 fully saturated rings. The molecule has 5 nitrogen and oxygen atoms in total. The molecule has 0 spiro atoms. The van der Waals surface area contributed by atoms with Crippen molar-refractivity contribution in [3.8, 4) is 16.9 Å². The van der Waals surface area contributed by atoms with Gasteiger partial charge in [0.2, 0.25) is 0 Å². The van der Waals surface area contributed by atoms with Crippen molar-refractivity contribution in [3.63, 3.8) is 0 Å². The summed E-state index contributed by atoms with van der Waals surface area (Å²) in [5.74, 6) is -0.0310. The van der Waals surface area contributed by atoms with Crippen LogP contribution in [0.2, 0.25) is 0 Å². The van der Waals surface area contributed by atoms with Gasteiger partial charge in [-0.3, -0.25) is 4.79 Å². The zero-order valence-electron chi connectivity index (χ0n) is 20.9. The summed E-state index contributed by atoms with van der Waals surface area (Å²) in [5, 5.41) is 0. The van der Waals surface area contributed by atoms with Crippen LogP contribution in [0.1, 0.15) is 48.3 Å². The molecule has 3 aromatic rings. The van der Waals surface area contributed by atoms with E-state index in [1.165, 1.54) is 34.4 Å². The van der Waals surface area contributed by atoms with Crippen molar-refractivity contribution in [1.82, 2.24) is 4.90 Å². The van der Waals surface area contributed by atoms with Crippen molar-refractivity contribution in [2.75, 3.05) is 6.61 Å². The Kier molecular flexibility index (Phi) is 6.60. The number of rotatable bonds is 7. The average Bonchev–Trinajstić information content (AvgIpc) is 3.37. The molecule has 3 aliphatic rings. The molecule has 3 aromatic carbocycles. The van der Waals surface area contributed by atoms with Crippen molar-refractivity contribution in [1.29, 1.82) is 0 Å². The van der Waals surface area contributed by atoms with Gasteiger partial charge in [0.05, 0.1) is 0 Å².